The van der Waals surface area contributed by atoms with Gasteiger partial charge in [-0.3, -0.25) is 0 Å². The summed E-state index contributed by atoms with van der Waals surface area (Å²) in [6, 6.07) is 13.3. The van der Waals surface area contributed by atoms with Crippen molar-refractivity contribution in [1.29, 1.82) is 0 Å². The Morgan fingerprint density at radius 3 is 2.52 bits per heavy atom. The average molecular weight is 306 g/mol. The number of aryl methyl sites for hydroxylation is 2. The van der Waals surface area contributed by atoms with Crippen LogP contribution in [0.2, 0.25) is 5.02 Å². The van der Waals surface area contributed by atoms with Crippen LogP contribution < -0.4 is 10.1 Å². The van der Waals surface area contributed by atoms with Gasteiger partial charge < -0.3 is 15.2 Å². The number of benzene rings is 2. The van der Waals surface area contributed by atoms with Gasteiger partial charge in [-0.05, 0) is 49.7 Å². The highest BCUT2D eigenvalue weighted by Crippen LogP contribution is 2.17. The topological polar surface area (TPSA) is 41.5 Å². The fourth-order valence-electron chi connectivity index (χ4n) is 2.02. The predicted molar refractivity (Wildman–Crippen MR) is 87.4 cm³/mol. The molecule has 112 valence electrons. The molecule has 2 aromatic carbocycles. The second-order valence-electron chi connectivity index (χ2n) is 5.12. The number of rotatable bonds is 6. The van der Waals surface area contributed by atoms with Crippen molar-refractivity contribution >= 4 is 17.3 Å². The first-order valence-corrected chi connectivity index (χ1v) is 7.30. The summed E-state index contributed by atoms with van der Waals surface area (Å²) in [6.07, 6.45) is -0.582. The lowest BCUT2D eigenvalue weighted by Gasteiger charge is -2.15. The van der Waals surface area contributed by atoms with Crippen LogP contribution in [0, 0.1) is 13.8 Å². The molecule has 4 heteroatoms. The quantitative estimate of drug-likeness (QED) is 0.853. The van der Waals surface area contributed by atoms with E-state index in [1.54, 1.807) is 24.3 Å². The molecule has 0 aromatic heterocycles. The van der Waals surface area contributed by atoms with Gasteiger partial charge in [-0.1, -0.05) is 29.3 Å². The van der Waals surface area contributed by atoms with Gasteiger partial charge in [-0.2, -0.15) is 0 Å². The molecule has 0 heterocycles. The van der Waals surface area contributed by atoms with E-state index in [1.807, 2.05) is 19.1 Å². The van der Waals surface area contributed by atoms with Crippen molar-refractivity contribution in [3.63, 3.8) is 0 Å². The summed E-state index contributed by atoms with van der Waals surface area (Å²) in [7, 11) is 0. The number of aliphatic hydroxyl groups excluding tert-OH is 1. The van der Waals surface area contributed by atoms with Gasteiger partial charge in [0.2, 0.25) is 0 Å². The maximum atomic E-state index is 9.96. The molecular weight excluding hydrogens is 286 g/mol. The monoisotopic (exact) mass is 305 g/mol. The third-order valence-electron chi connectivity index (χ3n) is 3.17. The molecule has 0 aliphatic rings. The Morgan fingerprint density at radius 2 is 1.86 bits per heavy atom. The third-order valence-corrected chi connectivity index (χ3v) is 3.42. The highest BCUT2D eigenvalue weighted by Gasteiger charge is 2.06. The molecule has 0 saturated heterocycles. The van der Waals surface area contributed by atoms with Gasteiger partial charge in [-0.25, -0.2) is 0 Å². The summed E-state index contributed by atoms with van der Waals surface area (Å²) in [5.41, 5.74) is 3.43. The molecule has 0 aliphatic carbocycles. The molecule has 0 radical (unpaired) electrons. The normalized spacial score (nSPS) is 12.0. The molecular formula is C17H20ClNO2. The van der Waals surface area contributed by atoms with Gasteiger partial charge in [0.25, 0.3) is 0 Å². The Bertz CT molecular complexity index is 584. The molecule has 0 aliphatic heterocycles. The number of hydrogen-bond donors (Lipinski definition) is 2. The number of nitrogens with one attached hydrogen (secondary N) is 1. The van der Waals surface area contributed by atoms with Crippen molar-refractivity contribution in [3.05, 3.63) is 58.6 Å². The van der Waals surface area contributed by atoms with Crippen molar-refractivity contribution in [2.45, 2.75) is 20.0 Å². The number of anilines is 1. The Hall–Kier alpha value is -1.71. The molecule has 0 spiro atoms. The number of hydrogen-bond acceptors (Lipinski definition) is 3. The Kier molecular flexibility index (Phi) is 5.48. The van der Waals surface area contributed by atoms with E-state index in [0.717, 1.165) is 5.69 Å². The van der Waals surface area contributed by atoms with Crippen LogP contribution in [-0.4, -0.2) is 24.4 Å². The van der Waals surface area contributed by atoms with E-state index in [4.69, 9.17) is 16.3 Å². The zero-order chi connectivity index (χ0) is 15.2. The highest BCUT2D eigenvalue weighted by atomic mass is 35.5. The van der Waals surface area contributed by atoms with E-state index in [0.29, 0.717) is 17.3 Å². The van der Waals surface area contributed by atoms with Crippen LogP contribution in [0.3, 0.4) is 0 Å². The summed E-state index contributed by atoms with van der Waals surface area (Å²) in [5, 5.41) is 13.9. The predicted octanol–water partition coefficient (Wildman–Crippen LogP) is 3.81. The van der Waals surface area contributed by atoms with Gasteiger partial charge >= 0.3 is 0 Å². The second-order valence-corrected chi connectivity index (χ2v) is 5.55. The van der Waals surface area contributed by atoms with Crippen molar-refractivity contribution in [2.75, 3.05) is 18.5 Å². The van der Waals surface area contributed by atoms with Gasteiger partial charge in [0.05, 0.1) is 0 Å². The lowest BCUT2D eigenvalue weighted by Crippen LogP contribution is -2.26. The zero-order valence-electron chi connectivity index (χ0n) is 12.3. The zero-order valence-corrected chi connectivity index (χ0v) is 13.0. The lowest BCUT2D eigenvalue weighted by molar-refractivity contribution is 0.117. The molecule has 1 atom stereocenters. The summed E-state index contributed by atoms with van der Waals surface area (Å²) >= 11 is 5.80. The summed E-state index contributed by atoms with van der Waals surface area (Å²) < 4.78 is 5.51. The molecule has 0 saturated carbocycles. The maximum absolute atomic E-state index is 9.96. The van der Waals surface area contributed by atoms with E-state index in [9.17, 15) is 5.11 Å². The minimum atomic E-state index is -0.582. The molecule has 1 unspecified atom stereocenters. The first kappa shape index (κ1) is 15.7. The number of ether oxygens (including phenoxy) is 1. The molecule has 0 bridgehead atoms. The maximum Gasteiger partial charge on any atom is 0.119 e. The van der Waals surface area contributed by atoms with Crippen molar-refractivity contribution < 1.29 is 9.84 Å². The van der Waals surface area contributed by atoms with Crippen LogP contribution in [0.5, 0.6) is 5.75 Å². The average Bonchev–Trinajstić information content (AvgIpc) is 2.46. The number of aliphatic hydroxyl groups is 1. The van der Waals surface area contributed by atoms with E-state index in [2.05, 4.69) is 18.3 Å². The third kappa shape index (κ3) is 4.96. The molecule has 2 aromatic rings. The largest absolute Gasteiger partial charge is 0.491 e. The fourth-order valence-corrected chi connectivity index (χ4v) is 2.15. The van der Waals surface area contributed by atoms with Crippen LogP contribution >= 0.6 is 11.6 Å². The molecule has 3 nitrogen and oxygen atoms in total. The van der Waals surface area contributed by atoms with Crippen molar-refractivity contribution in [3.8, 4) is 5.75 Å². The van der Waals surface area contributed by atoms with Crippen LogP contribution in [0.4, 0.5) is 5.69 Å². The van der Waals surface area contributed by atoms with E-state index in [-0.39, 0.29) is 6.61 Å². The first-order valence-electron chi connectivity index (χ1n) is 6.92. The van der Waals surface area contributed by atoms with E-state index < -0.39 is 6.10 Å². The van der Waals surface area contributed by atoms with E-state index in [1.165, 1.54) is 11.1 Å². The summed E-state index contributed by atoms with van der Waals surface area (Å²) in [4.78, 5) is 0. The molecule has 2 N–H and O–H groups in total. The van der Waals surface area contributed by atoms with E-state index >= 15 is 0 Å². The lowest BCUT2D eigenvalue weighted by atomic mass is 10.1. The molecule has 0 amide bonds. The van der Waals surface area contributed by atoms with Crippen LogP contribution in [0.1, 0.15) is 11.1 Å². The van der Waals surface area contributed by atoms with Gasteiger partial charge in [0.1, 0.15) is 18.5 Å². The van der Waals surface area contributed by atoms with Crippen molar-refractivity contribution in [2.24, 2.45) is 0 Å². The molecule has 2 rings (SSSR count). The standard InChI is InChI=1S/C17H20ClNO2/c1-12-3-8-17(13(2)9-12)19-10-15(20)11-21-16-6-4-14(18)5-7-16/h3-9,15,19-20H,10-11H2,1-2H3. The Morgan fingerprint density at radius 1 is 1.14 bits per heavy atom. The first-order chi connectivity index (χ1) is 10.0. The summed E-state index contributed by atoms with van der Waals surface area (Å²) in [6.45, 7) is 4.79. The van der Waals surface area contributed by atoms with Crippen LogP contribution in [-0.2, 0) is 0 Å². The highest BCUT2D eigenvalue weighted by molar-refractivity contribution is 6.30. The molecule has 21 heavy (non-hydrogen) atoms. The minimum absolute atomic E-state index is 0.236. The Balaban J connectivity index is 1.79. The molecule has 0 fully saturated rings. The van der Waals surface area contributed by atoms with Gasteiger partial charge in [0.15, 0.2) is 0 Å². The van der Waals surface area contributed by atoms with Crippen molar-refractivity contribution in [1.82, 2.24) is 0 Å². The Labute approximate surface area is 130 Å². The van der Waals surface area contributed by atoms with Gasteiger partial charge in [-0.15, -0.1) is 0 Å². The van der Waals surface area contributed by atoms with Crippen LogP contribution in [0.15, 0.2) is 42.5 Å². The minimum Gasteiger partial charge on any atom is -0.491 e. The summed E-state index contributed by atoms with van der Waals surface area (Å²) in [5.74, 6) is 0.699. The SMILES string of the molecule is Cc1ccc(NCC(O)COc2ccc(Cl)cc2)c(C)c1. The number of halogens is 1. The van der Waals surface area contributed by atoms with Crippen LogP contribution in [0.25, 0.3) is 0 Å². The fraction of sp³-hybridized carbons (Fsp3) is 0.294. The smallest absolute Gasteiger partial charge is 0.119 e. The van der Waals surface area contributed by atoms with Gasteiger partial charge in [0, 0.05) is 17.3 Å². The second kappa shape index (κ2) is 7.34.